The van der Waals surface area contributed by atoms with Crippen molar-refractivity contribution in [1.82, 2.24) is 4.98 Å². The molecule has 0 aliphatic heterocycles. The van der Waals surface area contributed by atoms with Gasteiger partial charge >= 0.3 is 5.97 Å². The Morgan fingerprint density at radius 3 is 2.61 bits per heavy atom. The molecule has 1 amide bonds. The molecular formula is C20H17FN2O4S. The fourth-order valence-corrected chi connectivity index (χ4v) is 3.02. The molecule has 0 bridgehead atoms. The van der Waals surface area contributed by atoms with Crippen LogP contribution in [0.1, 0.15) is 5.56 Å². The molecule has 0 radical (unpaired) electrons. The third kappa shape index (κ3) is 5.37. The molecular weight excluding hydrogens is 383 g/mol. The second kappa shape index (κ2) is 9.09. The van der Waals surface area contributed by atoms with Crippen LogP contribution >= 0.6 is 11.3 Å². The molecule has 0 atom stereocenters. The van der Waals surface area contributed by atoms with Gasteiger partial charge in [-0.25, -0.2) is 14.2 Å². The van der Waals surface area contributed by atoms with Crippen molar-refractivity contribution in [2.45, 2.75) is 6.92 Å². The van der Waals surface area contributed by atoms with E-state index in [0.29, 0.717) is 16.6 Å². The summed E-state index contributed by atoms with van der Waals surface area (Å²) in [5, 5.41) is 4.66. The van der Waals surface area contributed by atoms with E-state index in [9.17, 15) is 14.0 Å². The highest BCUT2D eigenvalue weighted by atomic mass is 32.1. The van der Waals surface area contributed by atoms with E-state index in [1.54, 1.807) is 29.6 Å². The number of carbonyl (C=O) groups is 2. The number of halogens is 1. The Hall–Kier alpha value is -3.26. The van der Waals surface area contributed by atoms with Crippen molar-refractivity contribution in [3.8, 4) is 17.0 Å². The van der Waals surface area contributed by atoms with E-state index in [1.165, 1.54) is 23.5 Å². The van der Waals surface area contributed by atoms with Crippen LogP contribution in [0.15, 0.2) is 53.9 Å². The summed E-state index contributed by atoms with van der Waals surface area (Å²) in [5.74, 6) is -0.908. The first-order valence-corrected chi connectivity index (χ1v) is 9.24. The predicted molar refractivity (Wildman–Crippen MR) is 104 cm³/mol. The van der Waals surface area contributed by atoms with E-state index >= 15 is 0 Å². The number of aryl methyl sites for hydroxylation is 1. The van der Waals surface area contributed by atoms with Crippen LogP contribution in [0.2, 0.25) is 0 Å². The number of ether oxygens (including phenoxy) is 2. The molecule has 0 spiro atoms. The Morgan fingerprint density at radius 1 is 1.11 bits per heavy atom. The van der Waals surface area contributed by atoms with E-state index in [-0.39, 0.29) is 12.4 Å². The average Bonchev–Trinajstić information content (AvgIpc) is 3.14. The molecule has 0 aliphatic rings. The number of hydrogen-bond donors (Lipinski definition) is 1. The lowest BCUT2D eigenvalue weighted by Gasteiger charge is -2.08. The standard InChI is InChI=1S/C20H17FN2O4S/c1-13-4-2-3-5-17(13)26-11-19(25)27-10-18(24)23-20-22-16(12-28-20)14-6-8-15(21)9-7-14/h2-9,12H,10-11H2,1H3,(H,22,23,24). The average molecular weight is 400 g/mol. The van der Waals surface area contributed by atoms with Crippen LogP contribution in [0.25, 0.3) is 11.3 Å². The van der Waals surface area contributed by atoms with Crippen molar-refractivity contribution < 1.29 is 23.5 Å². The van der Waals surface area contributed by atoms with Gasteiger partial charge in [-0.05, 0) is 42.8 Å². The van der Waals surface area contributed by atoms with Crippen LogP contribution in [-0.2, 0) is 14.3 Å². The van der Waals surface area contributed by atoms with E-state index < -0.39 is 18.5 Å². The normalized spacial score (nSPS) is 10.4. The smallest absolute Gasteiger partial charge is 0.344 e. The number of esters is 1. The van der Waals surface area contributed by atoms with Crippen molar-refractivity contribution in [3.05, 3.63) is 65.3 Å². The molecule has 2 aromatic carbocycles. The van der Waals surface area contributed by atoms with Gasteiger partial charge in [0.25, 0.3) is 5.91 Å². The number of amides is 1. The number of nitrogens with zero attached hydrogens (tertiary/aromatic N) is 1. The lowest BCUT2D eigenvalue weighted by atomic mass is 10.2. The molecule has 0 saturated carbocycles. The van der Waals surface area contributed by atoms with Crippen LogP contribution < -0.4 is 10.1 Å². The van der Waals surface area contributed by atoms with Crippen LogP contribution in [0.4, 0.5) is 9.52 Å². The van der Waals surface area contributed by atoms with Gasteiger partial charge in [-0.1, -0.05) is 18.2 Å². The number of rotatable bonds is 7. The van der Waals surface area contributed by atoms with E-state index in [2.05, 4.69) is 10.3 Å². The number of thiazole rings is 1. The summed E-state index contributed by atoms with van der Waals surface area (Å²) in [7, 11) is 0. The van der Waals surface area contributed by atoms with Crippen LogP contribution in [0, 0.1) is 12.7 Å². The van der Waals surface area contributed by atoms with Crippen molar-refractivity contribution in [3.63, 3.8) is 0 Å². The molecule has 0 fully saturated rings. The largest absolute Gasteiger partial charge is 0.482 e. The highest BCUT2D eigenvalue weighted by Crippen LogP contribution is 2.25. The number of anilines is 1. The van der Waals surface area contributed by atoms with Gasteiger partial charge in [-0.15, -0.1) is 11.3 Å². The topological polar surface area (TPSA) is 77.5 Å². The maximum Gasteiger partial charge on any atom is 0.344 e. The molecule has 1 N–H and O–H groups in total. The minimum atomic E-state index is -0.649. The summed E-state index contributed by atoms with van der Waals surface area (Å²) < 4.78 is 23.2. The highest BCUT2D eigenvalue weighted by molar-refractivity contribution is 7.14. The lowest BCUT2D eigenvalue weighted by Crippen LogP contribution is -2.23. The van der Waals surface area contributed by atoms with Crippen LogP contribution in [0.3, 0.4) is 0 Å². The maximum atomic E-state index is 13.0. The second-order valence-corrected chi connectivity index (χ2v) is 6.67. The molecule has 8 heteroatoms. The minimum absolute atomic E-state index is 0.288. The number of para-hydroxylation sites is 1. The van der Waals surface area contributed by atoms with Gasteiger partial charge in [-0.3, -0.25) is 10.1 Å². The van der Waals surface area contributed by atoms with Crippen molar-refractivity contribution in [2.24, 2.45) is 0 Å². The summed E-state index contributed by atoms with van der Waals surface area (Å²) in [6.45, 7) is 1.13. The molecule has 3 rings (SSSR count). The molecule has 0 unspecified atom stereocenters. The monoisotopic (exact) mass is 400 g/mol. The Morgan fingerprint density at radius 2 is 1.86 bits per heavy atom. The molecule has 0 saturated heterocycles. The van der Waals surface area contributed by atoms with Gasteiger partial charge < -0.3 is 9.47 Å². The SMILES string of the molecule is Cc1ccccc1OCC(=O)OCC(=O)Nc1nc(-c2ccc(F)cc2)cs1. The quantitative estimate of drug-likeness (QED) is 0.610. The Balaban J connectivity index is 1.45. The van der Waals surface area contributed by atoms with E-state index in [0.717, 1.165) is 11.1 Å². The molecule has 6 nitrogen and oxygen atoms in total. The van der Waals surface area contributed by atoms with Crippen molar-refractivity contribution in [2.75, 3.05) is 18.5 Å². The summed E-state index contributed by atoms with van der Waals surface area (Å²) in [5.41, 5.74) is 2.25. The Labute approximate surface area is 164 Å². The van der Waals surface area contributed by atoms with Gasteiger partial charge in [0.15, 0.2) is 18.3 Å². The first-order chi connectivity index (χ1) is 13.5. The molecule has 28 heavy (non-hydrogen) atoms. The van der Waals surface area contributed by atoms with Crippen molar-refractivity contribution >= 4 is 28.3 Å². The van der Waals surface area contributed by atoms with E-state index in [1.807, 2.05) is 19.1 Å². The maximum absolute atomic E-state index is 13.0. The first kappa shape index (κ1) is 19.5. The molecule has 1 aromatic heterocycles. The predicted octanol–water partition coefficient (Wildman–Crippen LogP) is 3.82. The van der Waals surface area contributed by atoms with E-state index in [4.69, 9.17) is 9.47 Å². The molecule has 144 valence electrons. The summed E-state index contributed by atoms with van der Waals surface area (Å²) in [4.78, 5) is 27.9. The van der Waals surface area contributed by atoms with Gasteiger partial charge in [-0.2, -0.15) is 0 Å². The minimum Gasteiger partial charge on any atom is -0.482 e. The van der Waals surface area contributed by atoms with Crippen LogP contribution in [-0.4, -0.2) is 30.1 Å². The Bertz CT molecular complexity index is 972. The fourth-order valence-electron chi connectivity index (χ4n) is 2.28. The van der Waals surface area contributed by atoms with Crippen LogP contribution in [0.5, 0.6) is 5.75 Å². The second-order valence-electron chi connectivity index (χ2n) is 5.81. The third-order valence-corrected chi connectivity index (χ3v) is 4.45. The zero-order valence-corrected chi connectivity index (χ0v) is 15.8. The number of aromatic nitrogens is 1. The highest BCUT2D eigenvalue weighted by Gasteiger charge is 2.12. The zero-order chi connectivity index (χ0) is 19.9. The molecule has 1 heterocycles. The summed E-state index contributed by atoms with van der Waals surface area (Å²) >= 11 is 1.22. The van der Waals surface area contributed by atoms with Gasteiger partial charge in [0, 0.05) is 10.9 Å². The third-order valence-electron chi connectivity index (χ3n) is 3.69. The van der Waals surface area contributed by atoms with Crippen molar-refractivity contribution in [1.29, 1.82) is 0 Å². The fraction of sp³-hybridized carbons (Fsp3) is 0.150. The summed E-state index contributed by atoms with van der Waals surface area (Å²) in [6.07, 6.45) is 0. The number of benzene rings is 2. The molecule has 3 aromatic rings. The van der Waals surface area contributed by atoms with Gasteiger partial charge in [0.2, 0.25) is 0 Å². The lowest BCUT2D eigenvalue weighted by molar-refractivity contribution is -0.149. The number of carbonyl (C=O) groups excluding carboxylic acids is 2. The Kier molecular flexibility index (Phi) is 6.33. The van der Waals surface area contributed by atoms with Gasteiger partial charge in [0.05, 0.1) is 5.69 Å². The number of hydrogen-bond acceptors (Lipinski definition) is 6. The first-order valence-electron chi connectivity index (χ1n) is 8.36. The zero-order valence-electron chi connectivity index (χ0n) is 15.0. The number of nitrogens with one attached hydrogen (secondary N) is 1. The van der Waals surface area contributed by atoms with Gasteiger partial charge in [0.1, 0.15) is 11.6 Å². The molecule has 0 aliphatic carbocycles. The summed E-state index contributed by atoms with van der Waals surface area (Å²) in [6, 6.07) is 13.2.